The van der Waals surface area contributed by atoms with E-state index in [0.29, 0.717) is 28.4 Å². The fourth-order valence-electron chi connectivity index (χ4n) is 3.48. The van der Waals surface area contributed by atoms with E-state index in [-0.39, 0.29) is 34.3 Å². The van der Waals surface area contributed by atoms with Gasteiger partial charge >= 0.3 is 5.97 Å². The summed E-state index contributed by atoms with van der Waals surface area (Å²) in [5, 5.41) is 19.1. The van der Waals surface area contributed by atoms with Gasteiger partial charge < -0.3 is 28.9 Å². The van der Waals surface area contributed by atoms with Crippen molar-refractivity contribution in [2.75, 3.05) is 21.3 Å². The van der Waals surface area contributed by atoms with Gasteiger partial charge in [0, 0.05) is 29.8 Å². The molecule has 0 aliphatic carbocycles. The maximum absolute atomic E-state index is 12.9. The van der Waals surface area contributed by atoms with Crippen LogP contribution in [0.4, 0.5) is 5.69 Å². The molecule has 4 rings (SSSR count). The molecule has 0 amide bonds. The van der Waals surface area contributed by atoms with Crippen molar-refractivity contribution in [3.8, 4) is 28.7 Å². The number of ether oxygens (including phenoxy) is 5. The molecule has 0 spiro atoms. The first-order valence-corrected chi connectivity index (χ1v) is 10.3. The largest absolute Gasteiger partial charge is 0.595 e. The maximum atomic E-state index is 12.9. The van der Waals surface area contributed by atoms with Crippen molar-refractivity contribution >= 4 is 23.5 Å². The molecular formula is C25H21NO9. The third-order valence-electron chi connectivity index (χ3n) is 5.22. The van der Waals surface area contributed by atoms with E-state index in [1.165, 1.54) is 69.9 Å². The molecule has 2 N–H and O–H groups in total. The fourth-order valence-corrected chi connectivity index (χ4v) is 3.48. The van der Waals surface area contributed by atoms with Gasteiger partial charge in [0.1, 0.15) is 17.2 Å². The second kappa shape index (κ2) is 9.85. The summed E-state index contributed by atoms with van der Waals surface area (Å²) in [5.74, 6) is 0.645. The van der Waals surface area contributed by atoms with Crippen LogP contribution in [0.25, 0.3) is 6.08 Å². The summed E-state index contributed by atoms with van der Waals surface area (Å²) in [7, 11) is 4.49. The van der Waals surface area contributed by atoms with Crippen molar-refractivity contribution in [2.24, 2.45) is 0 Å². The van der Waals surface area contributed by atoms with Gasteiger partial charge in [-0.25, -0.2) is 10.0 Å². The third kappa shape index (κ3) is 4.80. The normalized spacial score (nSPS) is 14.2. The van der Waals surface area contributed by atoms with Crippen LogP contribution in [-0.2, 0) is 0 Å². The minimum Gasteiger partial charge on any atom is -0.595 e. The predicted octanol–water partition coefficient (Wildman–Crippen LogP) is 2.95. The zero-order valence-corrected chi connectivity index (χ0v) is 19.0. The highest BCUT2D eigenvalue weighted by molar-refractivity contribution is 6.14. The lowest BCUT2D eigenvalue weighted by molar-refractivity contribution is -0.991. The monoisotopic (exact) mass is 479 g/mol. The van der Waals surface area contributed by atoms with Gasteiger partial charge in [0.05, 0.1) is 32.5 Å². The van der Waals surface area contributed by atoms with Crippen LogP contribution in [0, 0.1) is 5.21 Å². The standard InChI is InChI=1S/C25H21NO9/c1-31-19-13-22(33-3)21(32-2)10-15(19)11-23-24(27)18-8-7-17(12-20(18)35-23)34-25(28)14-5-4-6-16(9-14)26(29)30/h4-13,26,29H,1-3H3. The molecule has 1 heterocycles. The number of hydrogen-bond donors (Lipinski definition) is 2. The van der Waals surface area contributed by atoms with Crippen LogP contribution in [0.15, 0.2) is 60.4 Å². The maximum Gasteiger partial charge on any atom is 0.343 e. The quantitative estimate of drug-likeness (QED) is 0.227. The van der Waals surface area contributed by atoms with Crippen LogP contribution in [0.5, 0.6) is 28.7 Å². The predicted molar refractivity (Wildman–Crippen MR) is 123 cm³/mol. The van der Waals surface area contributed by atoms with Crippen molar-refractivity contribution in [3.05, 3.63) is 82.3 Å². The first-order chi connectivity index (χ1) is 16.8. The number of quaternary nitrogens is 1. The first kappa shape index (κ1) is 23.8. The lowest BCUT2D eigenvalue weighted by Crippen LogP contribution is -2.99. The van der Waals surface area contributed by atoms with Gasteiger partial charge in [0.2, 0.25) is 5.78 Å². The average Bonchev–Trinajstić information content (AvgIpc) is 3.17. The minimum absolute atomic E-state index is 0.0392. The molecule has 1 aliphatic rings. The van der Waals surface area contributed by atoms with E-state index < -0.39 is 11.2 Å². The SMILES string of the molecule is COc1cc(OC)c(OC)cc1C=C1Oc2cc(OC(=O)c3cccc([NH+]([O-])O)c3)ccc2C1=O. The molecule has 0 saturated heterocycles. The molecule has 0 radical (unpaired) electrons. The lowest BCUT2D eigenvalue weighted by Gasteiger charge is -2.12. The van der Waals surface area contributed by atoms with E-state index >= 15 is 0 Å². The second-order valence-corrected chi connectivity index (χ2v) is 7.32. The number of carbonyl (C=O) groups is 2. The number of fused-ring (bicyclic) bond motifs is 1. The fraction of sp³-hybridized carbons (Fsp3) is 0.120. The number of Topliss-reactive ketones (excluding diaryl/α,β-unsaturated/α-hetero) is 1. The smallest absolute Gasteiger partial charge is 0.343 e. The molecular weight excluding hydrogens is 458 g/mol. The number of hydrogen-bond acceptors (Lipinski definition) is 9. The Morgan fingerprint density at radius 2 is 1.69 bits per heavy atom. The number of rotatable bonds is 7. The summed E-state index contributed by atoms with van der Waals surface area (Å²) in [4.78, 5) is 25.4. The number of benzene rings is 3. The molecule has 10 heteroatoms. The Balaban J connectivity index is 1.58. The molecule has 1 aliphatic heterocycles. The molecule has 3 aromatic rings. The van der Waals surface area contributed by atoms with E-state index in [4.69, 9.17) is 28.9 Å². The Morgan fingerprint density at radius 1 is 0.971 bits per heavy atom. The van der Waals surface area contributed by atoms with Crippen molar-refractivity contribution in [3.63, 3.8) is 0 Å². The third-order valence-corrected chi connectivity index (χ3v) is 5.22. The highest BCUT2D eigenvalue weighted by Gasteiger charge is 2.29. The van der Waals surface area contributed by atoms with Crippen molar-refractivity contribution in [1.29, 1.82) is 0 Å². The molecule has 35 heavy (non-hydrogen) atoms. The molecule has 0 aromatic heterocycles. The number of methoxy groups -OCH3 is 3. The molecule has 0 saturated carbocycles. The second-order valence-electron chi connectivity index (χ2n) is 7.32. The van der Waals surface area contributed by atoms with Gasteiger partial charge in [-0.15, -0.1) is 0 Å². The minimum atomic E-state index is -1.16. The average molecular weight is 479 g/mol. The molecule has 1 unspecified atom stereocenters. The zero-order chi connectivity index (χ0) is 25.1. The summed E-state index contributed by atoms with van der Waals surface area (Å²) in [6.45, 7) is 0. The van der Waals surface area contributed by atoms with Crippen LogP contribution in [0.3, 0.4) is 0 Å². The molecule has 0 bridgehead atoms. The van der Waals surface area contributed by atoms with Crippen LogP contribution >= 0.6 is 0 Å². The number of carbonyl (C=O) groups excluding carboxylic acids is 2. The molecule has 1 atom stereocenters. The first-order valence-electron chi connectivity index (χ1n) is 10.3. The van der Waals surface area contributed by atoms with Gasteiger partial charge in [-0.3, -0.25) is 4.79 Å². The lowest BCUT2D eigenvalue weighted by atomic mass is 10.1. The van der Waals surface area contributed by atoms with Crippen molar-refractivity contribution in [2.45, 2.75) is 0 Å². The summed E-state index contributed by atoms with van der Waals surface area (Å²) >= 11 is 0. The van der Waals surface area contributed by atoms with Crippen LogP contribution < -0.4 is 28.9 Å². The van der Waals surface area contributed by atoms with E-state index in [1.54, 1.807) is 12.1 Å². The number of nitrogens with one attached hydrogen (secondary N) is 1. The highest BCUT2D eigenvalue weighted by atomic mass is 16.8. The Morgan fingerprint density at radius 3 is 2.37 bits per heavy atom. The molecule has 0 fully saturated rings. The zero-order valence-electron chi connectivity index (χ0n) is 19.0. The topological polar surface area (TPSA) is 128 Å². The van der Waals surface area contributed by atoms with E-state index in [0.717, 1.165) is 0 Å². The molecule has 3 aromatic carbocycles. The van der Waals surface area contributed by atoms with Gasteiger partial charge in [0.25, 0.3) is 0 Å². The Hall–Kier alpha value is -4.38. The van der Waals surface area contributed by atoms with Crippen molar-refractivity contribution < 1.29 is 43.7 Å². The van der Waals surface area contributed by atoms with Crippen LogP contribution in [0.2, 0.25) is 0 Å². The van der Waals surface area contributed by atoms with Gasteiger partial charge in [-0.1, -0.05) is 6.07 Å². The Kier molecular flexibility index (Phi) is 6.69. The van der Waals surface area contributed by atoms with Crippen LogP contribution in [-0.4, -0.2) is 38.3 Å². The summed E-state index contributed by atoms with van der Waals surface area (Å²) in [5.41, 5.74) is 0.862. The highest BCUT2D eigenvalue weighted by Crippen LogP contribution is 2.39. The van der Waals surface area contributed by atoms with Crippen LogP contribution in [0.1, 0.15) is 26.3 Å². The van der Waals surface area contributed by atoms with Gasteiger partial charge in [-0.2, -0.15) is 5.23 Å². The summed E-state index contributed by atoms with van der Waals surface area (Å²) < 4.78 is 27.1. The van der Waals surface area contributed by atoms with E-state index in [2.05, 4.69) is 0 Å². The molecule has 10 nitrogen and oxygen atoms in total. The summed E-state index contributed by atoms with van der Waals surface area (Å²) in [6, 6.07) is 13.1. The number of esters is 1. The Bertz CT molecular complexity index is 1330. The van der Waals surface area contributed by atoms with E-state index in [1.807, 2.05) is 0 Å². The summed E-state index contributed by atoms with van der Waals surface area (Å²) in [6.07, 6.45) is 1.52. The number of ketones is 1. The van der Waals surface area contributed by atoms with Gasteiger partial charge in [-0.05, 0) is 30.3 Å². The van der Waals surface area contributed by atoms with Gasteiger partial charge in [0.15, 0.2) is 22.9 Å². The number of allylic oxidation sites excluding steroid dienone is 1. The Labute approximate surface area is 200 Å². The van der Waals surface area contributed by atoms with E-state index in [9.17, 15) is 14.8 Å². The van der Waals surface area contributed by atoms with Crippen molar-refractivity contribution in [1.82, 2.24) is 0 Å². The molecule has 180 valence electrons.